The van der Waals surface area contributed by atoms with Gasteiger partial charge in [-0.3, -0.25) is 13.9 Å². The number of anilines is 1. The standard InChI is InChI=1S/C24H29ClF3N3O4S/c1-5-21(23(33)29-16(2)3)30(14-17-9-7-6-8-10-17)22(32)15-31(36(4,34)35)18-11-12-20(25)19(13-18)24(26,27)28/h6-13,16,21H,5,14-15H2,1-4H3,(H,29,33). The molecule has 0 saturated heterocycles. The van der Waals surface area contributed by atoms with E-state index in [-0.39, 0.29) is 24.7 Å². The summed E-state index contributed by atoms with van der Waals surface area (Å²) in [5.41, 5.74) is -0.910. The molecule has 198 valence electrons. The molecular formula is C24H29ClF3N3O4S. The molecule has 12 heteroatoms. The highest BCUT2D eigenvalue weighted by Gasteiger charge is 2.36. The number of halogens is 4. The predicted octanol–water partition coefficient (Wildman–Crippen LogP) is 4.46. The van der Waals surface area contributed by atoms with E-state index in [0.717, 1.165) is 18.4 Å². The third kappa shape index (κ3) is 7.86. The highest BCUT2D eigenvalue weighted by atomic mass is 35.5. The van der Waals surface area contributed by atoms with Gasteiger partial charge >= 0.3 is 6.18 Å². The van der Waals surface area contributed by atoms with Gasteiger partial charge in [0.15, 0.2) is 0 Å². The molecule has 0 aliphatic carbocycles. The summed E-state index contributed by atoms with van der Waals surface area (Å²) in [6.07, 6.45) is -3.82. The van der Waals surface area contributed by atoms with Crippen molar-refractivity contribution in [2.24, 2.45) is 0 Å². The van der Waals surface area contributed by atoms with E-state index in [4.69, 9.17) is 11.6 Å². The molecule has 2 amide bonds. The Balaban J connectivity index is 2.50. The van der Waals surface area contributed by atoms with Crippen LogP contribution in [0.2, 0.25) is 5.02 Å². The van der Waals surface area contributed by atoms with E-state index in [0.29, 0.717) is 15.9 Å². The number of alkyl halides is 3. The Morgan fingerprint density at radius 3 is 2.19 bits per heavy atom. The first-order valence-corrected chi connectivity index (χ1v) is 13.4. The van der Waals surface area contributed by atoms with Crippen LogP contribution in [0.4, 0.5) is 18.9 Å². The lowest BCUT2D eigenvalue weighted by atomic mass is 10.1. The van der Waals surface area contributed by atoms with Gasteiger partial charge in [0, 0.05) is 12.6 Å². The smallest absolute Gasteiger partial charge is 0.352 e. The molecule has 1 atom stereocenters. The SMILES string of the molecule is CCC(C(=O)NC(C)C)N(Cc1ccccc1)C(=O)CN(c1ccc(Cl)c(C(F)(F)F)c1)S(C)(=O)=O. The van der Waals surface area contributed by atoms with E-state index < -0.39 is 51.2 Å². The van der Waals surface area contributed by atoms with Crippen molar-refractivity contribution in [2.75, 3.05) is 17.1 Å². The van der Waals surface area contributed by atoms with Gasteiger partial charge in [-0.25, -0.2) is 8.42 Å². The quantitative estimate of drug-likeness (QED) is 0.476. The third-order valence-corrected chi connectivity index (χ3v) is 6.71. The Kier molecular flexibility index (Phi) is 9.78. The van der Waals surface area contributed by atoms with Crippen LogP contribution in [0.25, 0.3) is 0 Å². The van der Waals surface area contributed by atoms with E-state index in [1.165, 1.54) is 4.90 Å². The Labute approximate surface area is 214 Å². The second-order valence-electron chi connectivity index (χ2n) is 8.53. The van der Waals surface area contributed by atoms with Crippen LogP contribution >= 0.6 is 11.6 Å². The van der Waals surface area contributed by atoms with Crippen LogP contribution < -0.4 is 9.62 Å². The van der Waals surface area contributed by atoms with Gasteiger partial charge < -0.3 is 10.2 Å². The molecule has 0 aliphatic rings. The monoisotopic (exact) mass is 547 g/mol. The van der Waals surface area contributed by atoms with Crippen LogP contribution in [0.1, 0.15) is 38.3 Å². The molecule has 2 aromatic carbocycles. The van der Waals surface area contributed by atoms with Gasteiger partial charge in [-0.05, 0) is 44.0 Å². The summed E-state index contributed by atoms with van der Waals surface area (Å²) in [7, 11) is -4.19. The highest BCUT2D eigenvalue weighted by Crippen LogP contribution is 2.37. The highest BCUT2D eigenvalue weighted by molar-refractivity contribution is 7.92. The van der Waals surface area contributed by atoms with E-state index >= 15 is 0 Å². The van der Waals surface area contributed by atoms with Gasteiger partial charge in [0.2, 0.25) is 21.8 Å². The van der Waals surface area contributed by atoms with Crippen molar-refractivity contribution in [3.8, 4) is 0 Å². The van der Waals surface area contributed by atoms with E-state index in [1.807, 2.05) is 0 Å². The molecule has 0 bridgehead atoms. The van der Waals surface area contributed by atoms with Gasteiger partial charge in [-0.15, -0.1) is 0 Å². The van der Waals surface area contributed by atoms with Gasteiger partial charge in [0.05, 0.1) is 22.5 Å². The zero-order valence-electron chi connectivity index (χ0n) is 20.3. The second kappa shape index (κ2) is 12.0. The molecule has 0 fully saturated rings. The van der Waals surface area contributed by atoms with Gasteiger partial charge in [0.25, 0.3) is 0 Å². The lowest BCUT2D eigenvalue weighted by molar-refractivity contribution is -0.140. The minimum absolute atomic E-state index is 0.00425. The molecule has 36 heavy (non-hydrogen) atoms. The van der Waals surface area contributed by atoms with Crippen molar-refractivity contribution < 1.29 is 31.2 Å². The van der Waals surface area contributed by atoms with Crippen LogP contribution in [0.3, 0.4) is 0 Å². The van der Waals surface area contributed by atoms with Crippen molar-refractivity contribution in [3.63, 3.8) is 0 Å². The maximum atomic E-state index is 13.5. The van der Waals surface area contributed by atoms with Crippen molar-refractivity contribution in [1.29, 1.82) is 0 Å². The summed E-state index contributed by atoms with van der Waals surface area (Å²) in [5, 5.41) is 2.15. The normalized spacial score (nSPS) is 12.8. The first kappa shape index (κ1) is 29.4. The van der Waals surface area contributed by atoms with Gasteiger partial charge in [-0.1, -0.05) is 48.9 Å². The molecule has 1 unspecified atom stereocenters. The topological polar surface area (TPSA) is 86.8 Å². The fraction of sp³-hybridized carbons (Fsp3) is 0.417. The van der Waals surface area contributed by atoms with Crippen molar-refractivity contribution >= 4 is 39.1 Å². The summed E-state index contributed by atoms with van der Waals surface area (Å²) in [6, 6.07) is 10.2. The molecule has 0 saturated carbocycles. The molecule has 0 aliphatic heterocycles. The maximum absolute atomic E-state index is 13.5. The zero-order valence-corrected chi connectivity index (χ0v) is 21.9. The minimum Gasteiger partial charge on any atom is -0.352 e. The van der Waals surface area contributed by atoms with Crippen LogP contribution in [0.5, 0.6) is 0 Å². The molecular weight excluding hydrogens is 519 g/mol. The minimum atomic E-state index is -4.83. The number of amides is 2. The summed E-state index contributed by atoms with van der Waals surface area (Å²) >= 11 is 5.68. The van der Waals surface area contributed by atoms with E-state index in [1.54, 1.807) is 51.1 Å². The average molecular weight is 548 g/mol. The summed E-state index contributed by atoms with van der Waals surface area (Å²) in [5.74, 6) is -1.17. The molecule has 0 spiro atoms. The number of carbonyl (C=O) groups excluding carboxylic acids is 2. The fourth-order valence-corrected chi connectivity index (χ4v) is 4.65. The predicted molar refractivity (Wildman–Crippen MR) is 133 cm³/mol. The van der Waals surface area contributed by atoms with Crippen molar-refractivity contribution in [2.45, 2.75) is 52.0 Å². The van der Waals surface area contributed by atoms with Gasteiger partial charge in [0.1, 0.15) is 12.6 Å². The number of hydrogen-bond acceptors (Lipinski definition) is 4. The molecule has 1 N–H and O–H groups in total. The molecule has 2 aromatic rings. The zero-order chi connectivity index (χ0) is 27.3. The number of sulfonamides is 1. The van der Waals surface area contributed by atoms with Crippen LogP contribution in [0.15, 0.2) is 48.5 Å². The second-order valence-corrected chi connectivity index (χ2v) is 10.8. The molecule has 0 radical (unpaired) electrons. The molecule has 0 heterocycles. The Morgan fingerprint density at radius 2 is 1.69 bits per heavy atom. The summed E-state index contributed by atoms with van der Waals surface area (Å²) in [6.45, 7) is 4.42. The molecule has 0 aromatic heterocycles. The Bertz CT molecular complexity index is 1170. The average Bonchev–Trinajstić information content (AvgIpc) is 2.76. The number of rotatable bonds is 10. The fourth-order valence-electron chi connectivity index (χ4n) is 3.58. The number of hydrogen-bond donors (Lipinski definition) is 1. The third-order valence-electron chi connectivity index (χ3n) is 5.24. The lowest BCUT2D eigenvalue weighted by Crippen LogP contribution is -2.53. The first-order chi connectivity index (χ1) is 16.6. The van der Waals surface area contributed by atoms with Crippen LogP contribution in [0, 0.1) is 0 Å². The summed E-state index contributed by atoms with van der Waals surface area (Å²) < 4.78 is 65.9. The largest absolute Gasteiger partial charge is 0.417 e. The summed E-state index contributed by atoms with van der Waals surface area (Å²) in [4.78, 5) is 27.6. The number of benzene rings is 2. The number of nitrogens with zero attached hydrogens (tertiary/aromatic N) is 2. The number of nitrogens with one attached hydrogen (secondary N) is 1. The van der Waals surface area contributed by atoms with Crippen molar-refractivity contribution in [1.82, 2.24) is 10.2 Å². The Hall–Kier alpha value is -2.79. The Morgan fingerprint density at radius 1 is 1.08 bits per heavy atom. The molecule has 7 nitrogen and oxygen atoms in total. The number of carbonyl (C=O) groups is 2. The van der Waals surface area contributed by atoms with Crippen LogP contribution in [-0.2, 0) is 32.3 Å². The van der Waals surface area contributed by atoms with Crippen molar-refractivity contribution in [3.05, 3.63) is 64.7 Å². The van der Waals surface area contributed by atoms with E-state index in [9.17, 15) is 31.2 Å². The van der Waals surface area contributed by atoms with Gasteiger partial charge in [-0.2, -0.15) is 13.2 Å². The molecule has 2 rings (SSSR count). The van der Waals surface area contributed by atoms with Crippen LogP contribution in [-0.4, -0.2) is 50.0 Å². The maximum Gasteiger partial charge on any atom is 0.417 e. The first-order valence-electron chi connectivity index (χ1n) is 11.1. The lowest BCUT2D eigenvalue weighted by Gasteiger charge is -2.33. The van der Waals surface area contributed by atoms with E-state index in [2.05, 4.69) is 5.32 Å².